The van der Waals surface area contributed by atoms with E-state index in [1.54, 1.807) is 6.20 Å². The second kappa shape index (κ2) is 7.81. The minimum Gasteiger partial charge on any atom is -0.312 e. The molecule has 0 saturated heterocycles. The predicted molar refractivity (Wildman–Crippen MR) is 98.8 cm³/mol. The van der Waals surface area contributed by atoms with Gasteiger partial charge in [0.25, 0.3) is 0 Å². The maximum Gasteiger partial charge on any atom is 0.209 e. The molecule has 8 nitrogen and oxygen atoms in total. The van der Waals surface area contributed by atoms with Crippen molar-refractivity contribution in [3.8, 4) is 0 Å². The van der Waals surface area contributed by atoms with Crippen molar-refractivity contribution in [2.75, 3.05) is 19.3 Å². The molecular weight excluding hydrogens is 352 g/mol. The van der Waals surface area contributed by atoms with Crippen molar-refractivity contribution >= 4 is 10.0 Å². The molecule has 0 bridgehead atoms. The molecule has 0 amide bonds. The third kappa shape index (κ3) is 4.66. The van der Waals surface area contributed by atoms with Crippen LogP contribution >= 0.6 is 0 Å². The van der Waals surface area contributed by atoms with Crippen molar-refractivity contribution in [2.24, 2.45) is 5.92 Å². The largest absolute Gasteiger partial charge is 0.312 e. The SMILES string of the molecule is CC(C)C(NS(C)(=O)=O)c1nnc2n1CCN(Cc1cccnc1)CC2. The van der Waals surface area contributed by atoms with Crippen LogP contribution in [-0.2, 0) is 29.5 Å². The first-order valence-electron chi connectivity index (χ1n) is 8.84. The predicted octanol–water partition coefficient (Wildman–Crippen LogP) is 0.978. The van der Waals surface area contributed by atoms with Gasteiger partial charge in [-0.05, 0) is 17.5 Å². The summed E-state index contributed by atoms with van der Waals surface area (Å²) < 4.78 is 28.3. The van der Waals surface area contributed by atoms with Gasteiger partial charge in [-0.2, -0.15) is 0 Å². The van der Waals surface area contributed by atoms with Gasteiger partial charge >= 0.3 is 0 Å². The molecule has 0 radical (unpaired) electrons. The Morgan fingerprint density at radius 2 is 2.04 bits per heavy atom. The average Bonchev–Trinajstić information content (AvgIpc) is 2.87. The van der Waals surface area contributed by atoms with Crippen LogP contribution in [-0.4, -0.2) is 52.4 Å². The zero-order valence-electron chi connectivity index (χ0n) is 15.5. The van der Waals surface area contributed by atoms with E-state index in [9.17, 15) is 8.42 Å². The first kappa shape index (κ1) is 18.9. The van der Waals surface area contributed by atoms with E-state index in [-0.39, 0.29) is 12.0 Å². The van der Waals surface area contributed by atoms with Gasteiger partial charge in [-0.25, -0.2) is 13.1 Å². The molecule has 1 atom stereocenters. The molecule has 0 saturated carbocycles. The molecule has 0 aromatic carbocycles. The second-order valence-electron chi connectivity index (χ2n) is 7.13. The van der Waals surface area contributed by atoms with Gasteiger partial charge in [-0.1, -0.05) is 19.9 Å². The minimum atomic E-state index is -3.33. The fourth-order valence-electron chi connectivity index (χ4n) is 3.24. The lowest BCUT2D eigenvalue weighted by molar-refractivity contribution is 0.268. The number of fused-ring (bicyclic) bond motifs is 1. The second-order valence-corrected chi connectivity index (χ2v) is 8.91. The molecule has 142 valence electrons. The smallest absolute Gasteiger partial charge is 0.209 e. The van der Waals surface area contributed by atoms with Crippen LogP contribution in [0.1, 0.15) is 37.1 Å². The van der Waals surface area contributed by atoms with E-state index in [1.165, 1.54) is 11.8 Å². The number of hydrogen-bond acceptors (Lipinski definition) is 6. The molecule has 3 rings (SSSR count). The molecule has 2 aromatic heterocycles. The summed E-state index contributed by atoms with van der Waals surface area (Å²) in [5, 5.41) is 8.64. The Morgan fingerprint density at radius 3 is 2.69 bits per heavy atom. The molecule has 1 aliphatic heterocycles. The van der Waals surface area contributed by atoms with Gasteiger partial charge in [0.15, 0.2) is 5.82 Å². The molecule has 0 aliphatic carbocycles. The van der Waals surface area contributed by atoms with E-state index in [1.807, 2.05) is 26.1 Å². The number of nitrogens with zero attached hydrogens (tertiary/aromatic N) is 5. The van der Waals surface area contributed by atoms with Gasteiger partial charge in [0.2, 0.25) is 10.0 Å². The highest BCUT2D eigenvalue weighted by molar-refractivity contribution is 7.88. The Hall–Kier alpha value is -1.84. The quantitative estimate of drug-likeness (QED) is 0.805. The topological polar surface area (TPSA) is 93.0 Å². The third-order valence-electron chi connectivity index (χ3n) is 4.56. The van der Waals surface area contributed by atoms with E-state index >= 15 is 0 Å². The van der Waals surface area contributed by atoms with E-state index < -0.39 is 10.0 Å². The maximum atomic E-state index is 11.7. The van der Waals surface area contributed by atoms with Crippen molar-refractivity contribution < 1.29 is 8.42 Å². The average molecular weight is 379 g/mol. The Morgan fingerprint density at radius 1 is 1.23 bits per heavy atom. The van der Waals surface area contributed by atoms with Crippen LogP contribution in [0.15, 0.2) is 24.5 Å². The first-order valence-corrected chi connectivity index (χ1v) is 10.7. The van der Waals surface area contributed by atoms with Gasteiger partial charge < -0.3 is 4.57 Å². The summed E-state index contributed by atoms with van der Waals surface area (Å²) >= 11 is 0. The lowest BCUT2D eigenvalue weighted by atomic mass is 10.1. The van der Waals surface area contributed by atoms with E-state index in [4.69, 9.17) is 0 Å². The standard InChI is InChI=1S/C17H26N6O2S/c1-13(2)16(21-26(3,24)25)17-20-19-15-6-8-22(9-10-23(15)17)12-14-5-4-7-18-11-14/h4-5,7,11,13,16,21H,6,8-10,12H2,1-3H3. The van der Waals surface area contributed by atoms with Gasteiger partial charge in [-0.3, -0.25) is 9.88 Å². The molecule has 2 aromatic rings. The fraction of sp³-hybridized carbons (Fsp3) is 0.588. The Balaban J connectivity index is 1.76. The zero-order valence-corrected chi connectivity index (χ0v) is 16.3. The molecule has 0 spiro atoms. The lowest BCUT2D eigenvalue weighted by Crippen LogP contribution is -2.33. The highest BCUT2D eigenvalue weighted by Gasteiger charge is 2.28. The monoisotopic (exact) mass is 378 g/mol. The van der Waals surface area contributed by atoms with E-state index in [0.29, 0.717) is 5.82 Å². The first-order chi connectivity index (χ1) is 12.3. The van der Waals surface area contributed by atoms with Crippen LogP contribution in [0, 0.1) is 5.92 Å². The van der Waals surface area contributed by atoms with Crippen molar-refractivity contribution in [1.29, 1.82) is 0 Å². The highest BCUT2D eigenvalue weighted by Crippen LogP contribution is 2.23. The summed E-state index contributed by atoms with van der Waals surface area (Å²) in [6.45, 7) is 7.30. The summed E-state index contributed by atoms with van der Waals surface area (Å²) in [6, 6.07) is 3.65. The van der Waals surface area contributed by atoms with Crippen LogP contribution in [0.4, 0.5) is 0 Å². The molecule has 1 aliphatic rings. The maximum absolute atomic E-state index is 11.7. The van der Waals surface area contributed by atoms with Crippen LogP contribution < -0.4 is 4.72 Å². The highest BCUT2D eigenvalue weighted by atomic mass is 32.2. The van der Waals surface area contributed by atoms with Crippen LogP contribution in [0.25, 0.3) is 0 Å². The Kier molecular flexibility index (Phi) is 5.69. The molecule has 1 unspecified atom stereocenters. The van der Waals surface area contributed by atoms with E-state index in [2.05, 4.69) is 35.4 Å². The molecule has 26 heavy (non-hydrogen) atoms. The number of pyridine rings is 1. The minimum absolute atomic E-state index is 0.0766. The summed E-state index contributed by atoms with van der Waals surface area (Å²) in [7, 11) is -3.33. The molecule has 9 heteroatoms. The van der Waals surface area contributed by atoms with E-state index in [0.717, 1.165) is 38.4 Å². The van der Waals surface area contributed by atoms with Crippen molar-refractivity contribution in [3.63, 3.8) is 0 Å². The summed E-state index contributed by atoms with van der Waals surface area (Å²) in [6.07, 6.45) is 5.64. The molecule has 0 fully saturated rings. The van der Waals surface area contributed by atoms with Crippen molar-refractivity contribution in [3.05, 3.63) is 41.7 Å². The lowest BCUT2D eigenvalue weighted by Gasteiger charge is -2.22. The fourth-order valence-corrected chi connectivity index (χ4v) is 4.08. The molecule has 3 heterocycles. The number of rotatable bonds is 6. The summed E-state index contributed by atoms with van der Waals surface area (Å²) in [5.41, 5.74) is 1.18. The van der Waals surface area contributed by atoms with Gasteiger partial charge in [0, 0.05) is 45.0 Å². The summed E-state index contributed by atoms with van der Waals surface area (Å²) in [4.78, 5) is 6.54. The van der Waals surface area contributed by atoms with Gasteiger partial charge in [0.05, 0.1) is 12.3 Å². The van der Waals surface area contributed by atoms with Gasteiger partial charge in [0.1, 0.15) is 5.82 Å². The zero-order chi connectivity index (χ0) is 18.7. The Bertz CT molecular complexity index is 834. The summed E-state index contributed by atoms with van der Waals surface area (Å²) in [5.74, 6) is 1.69. The number of nitrogens with one attached hydrogen (secondary N) is 1. The van der Waals surface area contributed by atoms with Gasteiger partial charge in [-0.15, -0.1) is 10.2 Å². The molecular formula is C17H26N6O2S. The number of hydrogen-bond donors (Lipinski definition) is 1. The number of sulfonamides is 1. The van der Waals surface area contributed by atoms with Crippen molar-refractivity contribution in [2.45, 2.75) is 39.4 Å². The third-order valence-corrected chi connectivity index (χ3v) is 5.24. The Labute approximate surface area is 154 Å². The van der Waals surface area contributed by atoms with Crippen LogP contribution in [0.3, 0.4) is 0 Å². The van der Waals surface area contributed by atoms with Crippen molar-refractivity contribution in [1.82, 2.24) is 29.4 Å². The van der Waals surface area contributed by atoms with Crippen LogP contribution in [0.5, 0.6) is 0 Å². The number of aromatic nitrogens is 4. The molecule has 1 N–H and O–H groups in total. The normalized spacial score (nSPS) is 17.1. The van der Waals surface area contributed by atoms with Crippen LogP contribution in [0.2, 0.25) is 0 Å².